The van der Waals surface area contributed by atoms with Crippen molar-refractivity contribution in [3.05, 3.63) is 29.6 Å². The van der Waals surface area contributed by atoms with Crippen LogP contribution < -0.4 is 0 Å². The van der Waals surface area contributed by atoms with Crippen LogP contribution in [0.5, 0.6) is 0 Å². The van der Waals surface area contributed by atoms with E-state index in [0.29, 0.717) is 5.92 Å². The largest absolute Gasteiger partial charge is 0.464 e. The maximum Gasteiger partial charge on any atom is 0.356 e. The molecule has 1 aromatic rings. The van der Waals surface area contributed by atoms with E-state index in [1.165, 1.54) is 26.0 Å². The van der Waals surface area contributed by atoms with Crippen LogP contribution in [0.15, 0.2) is 18.2 Å². The third kappa shape index (κ3) is 3.41. The molecule has 0 amide bonds. The number of ketones is 1. The molecule has 0 saturated heterocycles. The molecular weight excluding hydrogens is 242 g/mol. The Hall–Kier alpha value is -2.15. The van der Waals surface area contributed by atoms with Crippen molar-refractivity contribution in [3.8, 4) is 11.8 Å². The summed E-state index contributed by atoms with van der Waals surface area (Å²) in [5.41, 5.74) is 0.310. The standard InChI is InChI=1S/C15H15NO3/c1-19-15(18)13-8-4-7-12(16-13)14(17)10-9-11-5-2-3-6-11/h4,7-8,11H,2-3,5-6H2,1H3. The monoisotopic (exact) mass is 257 g/mol. The summed E-state index contributed by atoms with van der Waals surface area (Å²) in [7, 11) is 1.28. The van der Waals surface area contributed by atoms with Gasteiger partial charge in [0, 0.05) is 5.92 Å². The number of nitrogens with zero attached hydrogens (tertiary/aromatic N) is 1. The minimum absolute atomic E-state index is 0.121. The average molecular weight is 257 g/mol. The first-order chi connectivity index (χ1) is 9.20. The number of hydrogen-bond acceptors (Lipinski definition) is 4. The molecule has 1 aliphatic rings. The van der Waals surface area contributed by atoms with Crippen LogP contribution in [0, 0.1) is 17.8 Å². The number of esters is 1. The van der Waals surface area contributed by atoms with E-state index < -0.39 is 5.97 Å². The van der Waals surface area contributed by atoms with Gasteiger partial charge in [-0.2, -0.15) is 0 Å². The summed E-state index contributed by atoms with van der Waals surface area (Å²) in [4.78, 5) is 27.2. The predicted molar refractivity (Wildman–Crippen MR) is 69.6 cm³/mol. The van der Waals surface area contributed by atoms with Gasteiger partial charge in [-0.25, -0.2) is 9.78 Å². The molecule has 1 aliphatic carbocycles. The summed E-state index contributed by atoms with van der Waals surface area (Å²) in [5.74, 6) is 5.03. The number of hydrogen-bond donors (Lipinski definition) is 0. The van der Waals surface area contributed by atoms with E-state index >= 15 is 0 Å². The number of carbonyl (C=O) groups is 2. The van der Waals surface area contributed by atoms with E-state index in [-0.39, 0.29) is 17.2 Å². The van der Waals surface area contributed by atoms with Crippen molar-refractivity contribution in [2.45, 2.75) is 25.7 Å². The molecule has 4 nitrogen and oxygen atoms in total. The van der Waals surface area contributed by atoms with Crippen LogP contribution in [-0.2, 0) is 4.74 Å². The maximum absolute atomic E-state index is 11.9. The molecule has 0 bridgehead atoms. The zero-order valence-electron chi connectivity index (χ0n) is 10.8. The van der Waals surface area contributed by atoms with Gasteiger partial charge in [0.25, 0.3) is 5.78 Å². The number of rotatable bonds is 2. The molecule has 19 heavy (non-hydrogen) atoms. The number of aromatic nitrogens is 1. The number of pyridine rings is 1. The number of methoxy groups -OCH3 is 1. The molecule has 2 rings (SSSR count). The Kier molecular flexibility index (Phi) is 4.30. The van der Waals surface area contributed by atoms with E-state index in [1.807, 2.05) is 0 Å². The summed E-state index contributed by atoms with van der Waals surface area (Å²) >= 11 is 0. The minimum atomic E-state index is -0.557. The Morgan fingerprint density at radius 3 is 2.63 bits per heavy atom. The van der Waals surface area contributed by atoms with Gasteiger partial charge in [0.2, 0.25) is 0 Å². The molecule has 1 saturated carbocycles. The zero-order chi connectivity index (χ0) is 13.7. The minimum Gasteiger partial charge on any atom is -0.464 e. The molecule has 1 fully saturated rings. The highest BCUT2D eigenvalue weighted by molar-refractivity contribution is 6.08. The second kappa shape index (κ2) is 6.14. The van der Waals surface area contributed by atoms with E-state index in [0.717, 1.165) is 12.8 Å². The molecule has 0 atom stereocenters. The van der Waals surface area contributed by atoms with Gasteiger partial charge in [0.1, 0.15) is 11.4 Å². The Morgan fingerprint density at radius 2 is 1.95 bits per heavy atom. The van der Waals surface area contributed by atoms with Gasteiger partial charge in [-0.05, 0) is 30.9 Å². The van der Waals surface area contributed by atoms with Gasteiger partial charge in [-0.3, -0.25) is 4.79 Å². The first kappa shape index (κ1) is 13.3. The van der Waals surface area contributed by atoms with Crippen LogP contribution in [0.2, 0.25) is 0 Å². The molecule has 0 radical (unpaired) electrons. The summed E-state index contributed by atoms with van der Waals surface area (Å²) in [6.07, 6.45) is 4.50. The van der Waals surface area contributed by atoms with Crippen molar-refractivity contribution in [2.75, 3.05) is 7.11 Å². The quantitative estimate of drug-likeness (QED) is 0.353. The molecule has 0 spiro atoms. The molecule has 98 valence electrons. The first-order valence-corrected chi connectivity index (χ1v) is 6.32. The van der Waals surface area contributed by atoms with E-state index in [2.05, 4.69) is 21.6 Å². The van der Waals surface area contributed by atoms with Crippen molar-refractivity contribution < 1.29 is 14.3 Å². The molecule has 1 aromatic heterocycles. The highest BCUT2D eigenvalue weighted by atomic mass is 16.5. The third-order valence-electron chi connectivity index (χ3n) is 3.12. The van der Waals surface area contributed by atoms with E-state index in [9.17, 15) is 9.59 Å². The Balaban J connectivity index is 2.12. The normalized spacial score (nSPS) is 14.6. The summed E-state index contributed by atoms with van der Waals surface area (Å²) in [5, 5.41) is 0. The smallest absolute Gasteiger partial charge is 0.356 e. The number of ether oxygens (including phenoxy) is 1. The Bertz CT molecular complexity index is 548. The molecule has 4 heteroatoms. The fourth-order valence-corrected chi connectivity index (χ4v) is 2.08. The van der Waals surface area contributed by atoms with Gasteiger partial charge < -0.3 is 4.74 Å². The molecule has 0 N–H and O–H groups in total. The Labute approximate surface area is 112 Å². The Morgan fingerprint density at radius 1 is 1.26 bits per heavy atom. The predicted octanol–water partition coefficient (Wildman–Crippen LogP) is 2.24. The van der Waals surface area contributed by atoms with E-state index in [1.54, 1.807) is 12.1 Å². The lowest BCUT2D eigenvalue weighted by Gasteiger charge is -1.99. The van der Waals surface area contributed by atoms with Crippen LogP contribution in [0.25, 0.3) is 0 Å². The lowest BCUT2D eigenvalue weighted by molar-refractivity contribution is 0.0594. The molecule has 0 aliphatic heterocycles. The van der Waals surface area contributed by atoms with E-state index in [4.69, 9.17) is 0 Å². The molecule has 0 unspecified atom stereocenters. The lowest BCUT2D eigenvalue weighted by atomic mass is 10.1. The highest BCUT2D eigenvalue weighted by Gasteiger charge is 2.13. The highest BCUT2D eigenvalue weighted by Crippen LogP contribution is 2.23. The van der Waals surface area contributed by atoms with Crippen LogP contribution in [0.1, 0.15) is 46.7 Å². The first-order valence-electron chi connectivity index (χ1n) is 6.32. The second-order valence-electron chi connectivity index (χ2n) is 4.48. The molecule has 1 heterocycles. The zero-order valence-corrected chi connectivity index (χ0v) is 10.8. The van der Waals surface area contributed by atoms with Crippen LogP contribution in [0.3, 0.4) is 0 Å². The fourth-order valence-electron chi connectivity index (χ4n) is 2.08. The van der Waals surface area contributed by atoms with Gasteiger partial charge in [-0.15, -0.1) is 0 Å². The average Bonchev–Trinajstić information content (AvgIpc) is 2.97. The number of carbonyl (C=O) groups excluding carboxylic acids is 2. The van der Waals surface area contributed by atoms with Gasteiger partial charge in [0.05, 0.1) is 7.11 Å². The van der Waals surface area contributed by atoms with Crippen LogP contribution in [-0.4, -0.2) is 23.8 Å². The SMILES string of the molecule is COC(=O)c1cccc(C(=O)C#CC2CCCC2)n1. The van der Waals surface area contributed by atoms with Gasteiger partial charge >= 0.3 is 5.97 Å². The topological polar surface area (TPSA) is 56.3 Å². The summed E-state index contributed by atoms with van der Waals surface area (Å²) < 4.78 is 4.56. The second-order valence-corrected chi connectivity index (χ2v) is 4.48. The van der Waals surface area contributed by atoms with Crippen LogP contribution >= 0.6 is 0 Å². The van der Waals surface area contributed by atoms with Crippen molar-refractivity contribution in [3.63, 3.8) is 0 Å². The van der Waals surface area contributed by atoms with Gasteiger partial charge in [-0.1, -0.05) is 24.8 Å². The molecular formula is C15H15NO3. The molecule has 0 aromatic carbocycles. The maximum atomic E-state index is 11.9. The van der Waals surface area contributed by atoms with Crippen molar-refractivity contribution >= 4 is 11.8 Å². The third-order valence-corrected chi connectivity index (χ3v) is 3.12. The van der Waals surface area contributed by atoms with Crippen molar-refractivity contribution in [1.29, 1.82) is 0 Å². The van der Waals surface area contributed by atoms with Crippen molar-refractivity contribution in [1.82, 2.24) is 4.98 Å². The fraction of sp³-hybridized carbons (Fsp3) is 0.400. The van der Waals surface area contributed by atoms with Crippen LogP contribution in [0.4, 0.5) is 0 Å². The lowest BCUT2D eigenvalue weighted by Crippen LogP contribution is -2.08. The van der Waals surface area contributed by atoms with Gasteiger partial charge in [0.15, 0.2) is 0 Å². The summed E-state index contributed by atoms with van der Waals surface area (Å²) in [6.45, 7) is 0. The summed E-state index contributed by atoms with van der Waals surface area (Å²) in [6, 6.07) is 4.66. The van der Waals surface area contributed by atoms with Crippen molar-refractivity contribution in [2.24, 2.45) is 5.92 Å². The number of Topliss-reactive ketones (excluding diaryl/α,β-unsaturated/α-hetero) is 1.